The molecule has 6 nitrogen and oxygen atoms in total. The van der Waals surface area contributed by atoms with Crippen molar-refractivity contribution in [3.05, 3.63) is 54.3 Å². The van der Waals surface area contributed by atoms with Crippen LogP contribution in [0.4, 0.5) is 10.1 Å². The summed E-state index contributed by atoms with van der Waals surface area (Å²) in [5.74, 6) is 0.872. The maximum absolute atomic E-state index is 13.0. The minimum atomic E-state index is -0.406. The zero-order valence-corrected chi connectivity index (χ0v) is 16.0. The van der Waals surface area contributed by atoms with Crippen LogP contribution in [0.2, 0.25) is 0 Å². The fourth-order valence-electron chi connectivity index (χ4n) is 2.42. The number of thioether (sulfide) groups is 1. The average Bonchev–Trinajstić information content (AvgIpc) is 3.04. The van der Waals surface area contributed by atoms with E-state index in [0.29, 0.717) is 16.7 Å². The minimum Gasteiger partial charge on any atom is -0.497 e. The first kappa shape index (κ1) is 18.9. The van der Waals surface area contributed by atoms with Crippen molar-refractivity contribution in [1.82, 2.24) is 14.8 Å². The maximum Gasteiger partial charge on any atom is 0.237 e. The number of benzene rings is 2. The highest BCUT2D eigenvalue weighted by Crippen LogP contribution is 2.27. The molecule has 0 aliphatic heterocycles. The number of carbonyl (C=O) groups excluding carboxylic acids is 1. The number of hydrogen-bond donors (Lipinski definition) is 1. The molecule has 0 fully saturated rings. The van der Waals surface area contributed by atoms with Crippen LogP contribution >= 0.6 is 11.8 Å². The van der Waals surface area contributed by atoms with Gasteiger partial charge in [-0.15, -0.1) is 10.2 Å². The van der Waals surface area contributed by atoms with E-state index in [2.05, 4.69) is 15.5 Å². The molecule has 1 N–H and O–H groups in total. The van der Waals surface area contributed by atoms with Crippen molar-refractivity contribution in [1.29, 1.82) is 0 Å². The Hall–Kier alpha value is -2.87. The Morgan fingerprint density at radius 3 is 2.67 bits per heavy atom. The third-order valence-electron chi connectivity index (χ3n) is 3.93. The van der Waals surface area contributed by atoms with Crippen LogP contribution in [0.3, 0.4) is 0 Å². The number of amides is 1. The number of anilines is 1. The minimum absolute atomic E-state index is 0.197. The molecule has 8 heteroatoms. The third kappa shape index (κ3) is 4.46. The second-order valence-corrected chi connectivity index (χ2v) is 7.16. The molecule has 2 aromatic carbocycles. The molecule has 140 valence electrons. The predicted molar refractivity (Wildman–Crippen MR) is 103 cm³/mol. The highest BCUT2D eigenvalue weighted by atomic mass is 32.2. The van der Waals surface area contributed by atoms with Gasteiger partial charge in [-0.25, -0.2) is 4.39 Å². The molecule has 0 spiro atoms. The van der Waals surface area contributed by atoms with Crippen LogP contribution in [-0.4, -0.2) is 33.0 Å². The number of nitrogens with one attached hydrogen (secondary N) is 1. The number of halogens is 1. The van der Waals surface area contributed by atoms with Crippen molar-refractivity contribution < 1.29 is 13.9 Å². The number of ether oxygens (including phenoxy) is 1. The van der Waals surface area contributed by atoms with E-state index >= 15 is 0 Å². The van der Waals surface area contributed by atoms with E-state index in [0.717, 1.165) is 11.3 Å². The van der Waals surface area contributed by atoms with Gasteiger partial charge in [0.05, 0.1) is 12.4 Å². The molecule has 0 saturated carbocycles. The van der Waals surface area contributed by atoms with E-state index in [1.54, 1.807) is 14.0 Å². The SMILES string of the molecule is COc1cccc(-c2nnc(S[C@@H](C)C(=O)Nc3ccc(F)cc3)n2C)c1. The van der Waals surface area contributed by atoms with Crippen molar-refractivity contribution in [3.8, 4) is 17.1 Å². The van der Waals surface area contributed by atoms with Crippen molar-refractivity contribution >= 4 is 23.4 Å². The highest BCUT2D eigenvalue weighted by Gasteiger charge is 2.19. The van der Waals surface area contributed by atoms with Crippen LogP contribution in [0.5, 0.6) is 5.75 Å². The van der Waals surface area contributed by atoms with Crippen molar-refractivity contribution in [3.63, 3.8) is 0 Å². The largest absolute Gasteiger partial charge is 0.497 e. The van der Waals surface area contributed by atoms with Crippen molar-refractivity contribution in [2.45, 2.75) is 17.3 Å². The lowest BCUT2D eigenvalue weighted by Gasteiger charge is -2.12. The van der Waals surface area contributed by atoms with E-state index in [-0.39, 0.29) is 11.7 Å². The van der Waals surface area contributed by atoms with E-state index < -0.39 is 5.25 Å². The van der Waals surface area contributed by atoms with Gasteiger partial charge in [-0.05, 0) is 43.3 Å². The highest BCUT2D eigenvalue weighted by molar-refractivity contribution is 8.00. The molecule has 0 aliphatic rings. The molecular weight excluding hydrogens is 367 g/mol. The first-order valence-electron chi connectivity index (χ1n) is 8.25. The summed E-state index contributed by atoms with van der Waals surface area (Å²) in [7, 11) is 3.46. The molecule has 27 heavy (non-hydrogen) atoms. The molecule has 1 amide bonds. The summed E-state index contributed by atoms with van der Waals surface area (Å²) >= 11 is 1.30. The van der Waals surface area contributed by atoms with Gasteiger partial charge in [0.25, 0.3) is 0 Å². The maximum atomic E-state index is 13.0. The Balaban J connectivity index is 1.71. The van der Waals surface area contributed by atoms with Crippen LogP contribution in [0.15, 0.2) is 53.7 Å². The Kier molecular flexibility index (Phi) is 5.75. The molecule has 0 unspecified atom stereocenters. The second kappa shape index (κ2) is 8.22. The predicted octanol–water partition coefficient (Wildman–Crippen LogP) is 3.75. The molecule has 1 heterocycles. The lowest BCUT2D eigenvalue weighted by molar-refractivity contribution is -0.115. The number of aromatic nitrogens is 3. The monoisotopic (exact) mass is 386 g/mol. The number of rotatable bonds is 6. The van der Waals surface area contributed by atoms with Crippen molar-refractivity contribution in [2.24, 2.45) is 7.05 Å². The van der Waals surface area contributed by atoms with Gasteiger partial charge < -0.3 is 14.6 Å². The molecule has 0 radical (unpaired) electrons. The standard InChI is InChI=1S/C19H19FN4O2S/c1-12(18(25)21-15-9-7-14(20)8-10-15)27-19-23-22-17(24(19)2)13-5-4-6-16(11-13)26-3/h4-12H,1-3H3,(H,21,25)/t12-/m0/s1. The van der Waals surface area contributed by atoms with Crippen LogP contribution in [0.1, 0.15) is 6.92 Å². The zero-order valence-electron chi connectivity index (χ0n) is 15.1. The van der Waals surface area contributed by atoms with Crippen LogP contribution in [-0.2, 0) is 11.8 Å². The van der Waals surface area contributed by atoms with Gasteiger partial charge in [0.2, 0.25) is 5.91 Å². The normalized spacial score (nSPS) is 11.9. The quantitative estimate of drug-likeness (QED) is 0.654. The van der Waals surface area contributed by atoms with Gasteiger partial charge in [-0.2, -0.15) is 0 Å². The van der Waals surface area contributed by atoms with Crippen LogP contribution in [0.25, 0.3) is 11.4 Å². The van der Waals surface area contributed by atoms with Crippen LogP contribution in [0, 0.1) is 5.82 Å². The molecule has 3 aromatic rings. The second-order valence-electron chi connectivity index (χ2n) is 5.85. The molecule has 3 rings (SSSR count). The van der Waals surface area contributed by atoms with E-state index in [1.807, 2.05) is 35.9 Å². The summed E-state index contributed by atoms with van der Waals surface area (Å²) in [5.41, 5.74) is 1.42. The third-order valence-corrected chi connectivity index (χ3v) is 5.06. The number of carbonyl (C=O) groups is 1. The van der Waals surface area contributed by atoms with Gasteiger partial charge in [0, 0.05) is 18.3 Å². The Morgan fingerprint density at radius 2 is 1.96 bits per heavy atom. The summed E-state index contributed by atoms with van der Waals surface area (Å²) in [4.78, 5) is 12.4. The summed E-state index contributed by atoms with van der Waals surface area (Å²) in [5, 5.41) is 11.4. The van der Waals surface area contributed by atoms with E-state index in [4.69, 9.17) is 4.74 Å². The number of nitrogens with zero attached hydrogens (tertiary/aromatic N) is 3. The topological polar surface area (TPSA) is 69.0 Å². The smallest absolute Gasteiger partial charge is 0.237 e. The molecular formula is C19H19FN4O2S. The molecule has 0 bridgehead atoms. The fourth-order valence-corrected chi connectivity index (χ4v) is 3.23. The molecule has 0 saturated heterocycles. The first-order chi connectivity index (χ1) is 13.0. The van der Waals surface area contributed by atoms with Gasteiger partial charge in [0.1, 0.15) is 11.6 Å². The molecule has 1 aromatic heterocycles. The number of methoxy groups -OCH3 is 1. The summed E-state index contributed by atoms with van der Waals surface area (Å²) in [6.45, 7) is 1.78. The van der Waals surface area contributed by atoms with E-state index in [9.17, 15) is 9.18 Å². The van der Waals surface area contributed by atoms with Gasteiger partial charge in [0.15, 0.2) is 11.0 Å². The average molecular weight is 386 g/mol. The Bertz CT molecular complexity index is 943. The lowest BCUT2D eigenvalue weighted by atomic mass is 10.2. The Labute approximate surface area is 160 Å². The van der Waals surface area contributed by atoms with Gasteiger partial charge in [-0.3, -0.25) is 4.79 Å². The van der Waals surface area contributed by atoms with Gasteiger partial charge >= 0.3 is 0 Å². The van der Waals surface area contributed by atoms with Gasteiger partial charge in [-0.1, -0.05) is 23.9 Å². The summed E-state index contributed by atoms with van der Waals surface area (Å²) in [6, 6.07) is 13.2. The Morgan fingerprint density at radius 1 is 1.22 bits per heavy atom. The first-order valence-corrected chi connectivity index (χ1v) is 9.13. The van der Waals surface area contributed by atoms with Crippen LogP contribution < -0.4 is 10.1 Å². The summed E-state index contributed by atoms with van der Waals surface area (Å²) < 4.78 is 20.0. The fraction of sp³-hybridized carbons (Fsp3) is 0.211. The van der Waals surface area contributed by atoms with Crippen molar-refractivity contribution in [2.75, 3.05) is 12.4 Å². The molecule has 1 atom stereocenters. The molecule has 0 aliphatic carbocycles. The lowest BCUT2D eigenvalue weighted by Crippen LogP contribution is -2.22. The zero-order chi connectivity index (χ0) is 19.4. The summed E-state index contributed by atoms with van der Waals surface area (Å²) in [6.07, 6.45) is 0. The number of hydrogen-bond acceptors (Lipinski definition) is 5. The van der Waals surface area contributed by atoms with E-state index in [1.165, 1.54) is 36.0 Å².